The van der Waals surface area contributed by atoms with Gasteiger partial charge in [0.05, 0.1) is 17.4 Å². The molecule has 6 rings (SSSR count). The average molecular weight is 483 g/mol. The lowest BCUT2D eigenvalue weighted by Gasteiger charge is -2.28. The number of ether oxygens (including phenoxy) is 1. The molecule has 1 aromatic carbocycles. The number of imidazole rings is 1. The molecule has 9 nitrogen and oxygen atoms in total. The smallest absolute Gasteiger partial charge is 0.180 e. The number of anilines is 1. The molecule has 5 heterocycles. The second-order valence-electron chi connectivity index (χ2n) is 9.56. The summed E-state index contributed by atoms with van der Waals surface area (Å²) in [5, 5.41) is 8.75. The maximum atomic E-state index is 5.89. The fourth-order valence-electron chi connectivity index (χ4n) is 4.78. The molecule has 4 aromatic heterocycles. The summed E-state index contributed by atoms with van der Waals surface area (Å²) >= 11 is 0. The third-order valence-corrected chi connectivity index (χ3v) is 6.71. The van der Waals surface area contributed by atoms with E-state index in [1.165, 1.54) is 19.3 Å². The van der Waals surface area contributed by atoms with Gasteiger partial charge in [-0.05, 0) is 63.2 Å². The summed E-state index contributed by atoms with van der Waals surface area (Å²) in [6.07, 6.45) is 9.18. The van der Waals surface area contributed by atoms with Gasteiger partial charge in [0.15, 0.2) is 11.5 Å². The van der Waals surface area contributed by atoms with Crippen LogP contribution in [0.5, 0.6) is 5.75 Å². The third kappa shape index (κ3) is 4.37. The first kappa shape index (κ1) is 22.5. The van der Waals surface area contributed by atoms with Gasteiger partial charge in [0, 0.05) is 43.0 Å². The highest BCUT2D eigenvalue weighted by molar-refractivity contribution is 5.96. The number of benzene rings is 1. The van der Waals surface area contributed by atoms with E-state index in [0.717, 1.165) is 64.3 Å². The van der Waals surface area contributed by atoms with Crippen LogP contribution in [0.15, 0.2) is 48.9 Å². The maximum absolute atomic E-state index is 5.89. The van der Waals surface area contributed by atoms with Gasteiger partial charge < -0.3 is 19.5 Å². The number of nitrogens with zero attached hydrogens (tertiary/aromatic N) is 6. The van der Waals surface area contributed by atoms with Crippen LogP contribution in [0.1, 0.15) is 19.3 Å². The molecular weight excluding hydrogens is 452 g/mol. The first-order valence-corrected chi connectivity index (χ1v) is 12.5. The molecule has 36 heavy (non-hydrogen) atoms. The monoisotopic (exact) mass is 482 g/mol. The highest BCUT2D eigenvalue weighted by Gasteiger charge is 2.19. The summed E-state index contributed by atoms with van der Waals surface area (Å²) in [5.74, 6) is 1.47. The highest BCUT2D eigenvalue weighted by Crippen LogP contribution is 2.33. The Morgan fingerprint density at radius 1 is 1.03 bits per heavy atom. The van der Waals surface area contributed by atoms with E-state index < -0.39 is 0 Å². The molecule has 0 aliphatic carbocycles. The van der Waals surface area contributed by atoms with Crippen molar-refractivity contribution in [1.82, 2.24) is 35.0 Å². The first-order valence-electron chi connectivity index (χ1n) is 12.5. The van der Waals surface area contributed by atoms with Gasteiger partial charge in [-0.25, -0.2) is 9.97 Å². The molecule has 0 unspecified atom stereocenters. The molecule has 1 aliphatic rings. The second kappa shape index (κ2) is 9.58. The van der Waals surface area contributed by atoms with Crippen molar-refractivity contribution < 1.29 is 4.74 Å². The van der Waals surface area contributed by atoms with Crippen LogP contribution in [0.3, 0.4) is 0 Å². The van der Waals surface area contributed by atoms with Crippen LogP contribution >= 0.6 is 0 Å². The van der Waals surface area contributed by atoms with E-state index in [1.54, 1.807) is 6.20 Å². The van der Waals surface area contributed by atoms with E-state index in [2.05, 4.69) is 53.1 Å². The van der Waals surface area contributed by atoms with E-state index in [1.807, 2.05) is 38.6 Å². The van der Waals surface area contributed by atoms with Crippen LogP contribution in [-0.2, 0) is 0 Å². The highest BCUT2D eigenvalue weighted by atomic mass is 16.5. The molecule has 9 heteroatoms. The zero-order chi connectivity index (χ0) is 24.5. The normalized spacial score (nSPS) is 14.2. The number of fused-ring (bicyclic) bond motifs is 2. The molecule has 2 N–H and O–H groups in total. The van der Waals surface area contributed by atoms with Gasteiger partial charge in [-0.1, -0.05) is 6.07 Å². The minimum absolute atomic E-state index is 0.614. The summed E-state index contributed by atoms with van der Waals surface area (Å²) in [4.78, 5) is 21.8. The van der Waals surface area contributed by atoms with Gasteiger partial charge in [-0.15, -0.1) is 0 Å². The number of likely N-dealkylation sites (N-methyl/N-ethyl adjacent to an activating group) is 1. The molecule has 184 valence electrons. The number of aromatic nitrogens is 6. The predicted octanol–water partition coefficient (Wildman–Crippen LogP) is 4.49. The minimum atomic E-state index is 0.614. The molecule has 0 saturated carbocycles. The van der Waals surface area contributed by atoms with Gasteiger partial charge in [0.1, 0.15) is 23.6 Å². The van der Waals surface area contributed by atoms with Crippen molar-refractivity contribution in [3.63, 3.8) is 0 Å². The molecule has 0 atom stereocenters. The Hall–Kier alpha value is -3.98. The topological polar surface area (TPSA) is 98.8 Å². The maximum Gasteiger partial charge on any atom is 0.180 e. The summed E-state index contributed by atoms with van der Waals surface area (Å²) < 4.78 is 5.89. The summed E-state index contributed by atoms with van der Waals surface area (Å²) in [6.45, 7) is 3.59. The predicted molar refractivity (Wildman–Crippen MR) is 142 cm³/mol. The number of aromatic amines is 2. The van der Waals surface area contributed by atoms with E-state index in [-0.39, 0.29) is 0 Å². The molecule has 0 amide bonds. The molecule has 0 radical (unpaired) electrons. The molecular formula is C27H30N8O. The number of H-pyrrole nitrogens is 2. The number of hydrogen-bond acceptors (Lipinski definition) is 7. The van der Waals surface area contributed by atoms with E-state index in [4.69, 9.17) is 9.72 Å². The number of pyridine rings is 2. The number of piperidine rings is 1. The van der Waals surface area contributed by atoms with Crippen molar-refractivity contribution in [2.45, 2.75) is 19.3 Å². The largest absolute Gasteiger partial charge is 0.491 e. The lowest BCUT2D eigenvalue weighted by atomic mass is 10.0. The lowest BCUT2D eigenvalue weighted by Crippen LogP contribution is -2.29. The molecule has 1 fully saturated rings. The van der Waals surface area contributed by atoms with Crippen LogP contribution in [0.2, 0.25) is 0 Å². The van der Waals surface area contributed by atoms with Gasteiger partial charge in [-0.3, -0.25) is 10.1 Å². The summed E-state index contributed by atoms with van der Waals surface area (Å²) in [6, 6.07) is 10.3. The Labute approximate surface area is 209 Å². The zero-order valence-electron chi connectivity index (χ0n) is 20.7. The zero-order valence-corrected chi connectivity index (χ0v) is 20.7. The van der Waals surface area contributed by atoms with Crippen LogP contribution in [0, 0.1) is 0 Å². The Bertz CT molecular complexity index is 1500. The number of rotatable bonds is 7. The summed E-state index contributed by atoms with van der Waals surface area (Å²) in [5.41, 5.74) is 6.60. The first-order chi connectivity index (χ1) is 17.7. The van der Waals surface area contributed by atoms with Crippen molar-refractivity contribution in [2.24, 2.45) is 0 Å². The van der Waals surface area contributed by atoms with Crippen LogP contribution in [0.4, 0.5) is 5.69 Å². The van der Waals surface area contributed by atoms with Crippen molar-refractivity contribution in [3.8, 4) is 28.4 Å². The van der Waals surface area contributed by atoms with Gasteiger partial charge in [0.25, 0.3) is 0 Å². The van der Waals surface area contributed by atoms with Gasteiger partial charge >= 0.3 is 0 Å². The molecule has 1 aliphatic heterocycles. The lowest BCUT2D eigenvalue weighted by molar-refractivity contribution is 0.261. The van der Waals surface area contributed by atoms with Crippen LogP contribution in [-0.4, -0.2) is 75.4 Å². The Morgan fingerprint density at radius 2 is 1.92 bits per heavy atom. The number of hydrogen-bond donors (Lipinski definition) is 2. The van der Waals surface area contributed by atoms with E-state index >= 15 is 0 Å². The Balaban J connectivity index is 1.34. The Kier molecular flexibility index (Phi) is 5.98. The van der Waals surface area contributed by atoms with Crippen LogP contribution < -0.4 is 9.64 Å². The summed E-state index contributed by atoms with van der Waals surface area (Å²) in [7, 11) is 4.06. The fourth-order valence-corrected chi connectivity index (χ4v) is 4.78. The molecule has 0 spiro atoms. The van der Waals surface area contributed by atoms with Crippen LogP contribution in [0.25, 0.3) is 44.7 Å². The molecule has 0 bridgehead atoms. The third-order valence-electron chi connectivity index (χ3n) is 6.71. The SMILES string of the molecule is CN(C)CCOc1cncc(-c2ccc3[nH]nc(-c4nc5nccc(N6CCCCC6)c5[nH]4)c3c2)c1. The molecule has 5 aromatic rings. The standard InChI is InChI=1S/C27H30N8O/c1-34(2)12-13-36-20-14-19(16-28-17-20)18-6-7-22-21(15-18)24(33-32-22)27-30-25-23(8-9-29-26(25)31-27)35-10-4-3-5-11-35/h6-9,14-17H,3-5,10-13H2,1-2H3,(H,32,33)(H,29,30,31). The average Bonchev–Trinajstić information content (AvgIpc) is 3.53. The van der Waals surface area contributed by atoms with Crippen molar-refractivity contribution >= 4 is 27.8 Å². The van der Waals surface area contributed by atoms with Crippen molar-refractivity contribution in [3.05, 3.63) is 48.9 Å². The fraction of sp³-hybridized carbons (Fsp3) is 0.333. The molecule has 1 saturated heterocycles. The van der Waals surface area contributed by atoms with Gasteiger partial charge in [-0.2, -0.15) is 5.10 Å². The second-order valence-corrected chi connectivity index (χ2v) is 9.56. The minimum Gasteiger partial charge on any atom is -0.491 e. The van der Waals surface area contributed by atoms with E-state index in [9.17, 15) is 0 Å². The Morgan fingerprint density at radius 3 is 2.78 bits per heavy atom. The van der Waals surface area contributed by atoms with Gasteiger partial charge in [0.2, 0.25) is 0 Å². The van der Waals surface area contributed by atoms with Crippen molar-refractivity contribution in [1.29, 1.82) is 0 Å². The van der Waals surface area contributed by atoms with E-state index in [0.29, 0.717) is 18.1 Å². The quantitative estimate of drug-likeness (QED) is 0.353. The number of nitrogens with one attached hydrogen (secondary N) is 2. The van der Waals surface area contributed by atoms with Crippen molar-refractivity contribution in [2.75, 3.05) is 45.2 Å².